The summed E-state index contributed by atoms with van der Waals surface area (Å²) in [6, 6.07) is 0.265. The predicted molar refractivity (Wildman–Crippen MR) is 90.4 cm³/mol. The third kappa shape index (κ3) is 6.69. The van der Waals surface area contributed by atoms with Gasteiger partial charge in [-0.15, -0.1) is 0 Å². The van der Waals surface area contributed by atoms with Crippen molar-refractivity contribution in [2.24, 2.45) is 11.7 Å². The quantitative estimate of drug-likeness (QED) is 0.760. The van der Waals surface area contributed by atoms with Gasteiger partial charge in [0.1, 0.15) is 0 Å². The van der Waals surface area contributed by atoms with E-state index in [1.807, 2.05) is 0 Å². The molecule has 0 heterocycles. The van der Waals surface area contributed by atoms with E-state index in [4.69, 9.17) is 10.5 Å². The Morgan fingerprint density at radius 3 is 2.00 bits per heavy atom. The van der Waals surface area contributed by atoms with Crippen molar-refractivity contribution >= 4 is 0 Å². The molecule has 0 aromatic carbocycles. The second-order valence-corrected chi connectivity index (χ2v) is 7.64. The maximum atomic E-state index is 6.49. The number of hydrogen-bond donors (Lipinski definition) is 1. The van der Waals surface area contributed by atoms with Crippen molar-refractivity contribution in [1.82, 2.24) is 0 Å². The van der Waals surface area contributed by atoms with E-state index >= 15 is 0 Å². The minimum absolute atomic E-state index is 0.265. The molecule has 4 atom stereocenters. The summed E-state index contributed by atoms with van der Waals surface area (Å²) in [5.74, 6) is 0.839. The third-order valence-electron chi connectivity index (χ3n) is 5.51. The van der Waals surface area contributed by atoms with Gasteiger partial charge in [-0.05, 0) is 31.6 Å². The summed E-state index contributed by atoms with van der Waals surface area (Å²) < 4.78 is 6.49. The van der Waals surface area contributed by atoms with Crippen LogP contribution in [0.3, 0.4) is 0 Å². The minimum atomic E-state index is 0.265. The average Bonchev–Trinajstić information content (AvgIpc) is 2.46. The molecule has 0 radical (unpaired) electrons. The lowest BCUT2D eigenvalue weighted by Gasteiger charge is -2.33. The molecule has 2 saturated carbocycles. The highest BCUT2D eigenvalue weighted by molar-refractivity contribution is 4.78. The molecular formula is C19H37NO. The Balaban J connectivity index is 1.82. The normalized spacial score (nSPS) is 37.4. The summed E-state index contributed by atoms with van der Waals surface area (Å²) in [5.41, 5.74) is 6.49. The summed E-state index contributed by atoms with van der Waals surface area (Å²) >= 11 is 0. The second-order valence-electron chi connectivity index (χ2n) is 7.64. The molecule has 124 valence electrons. The van der Waals surface area contributed by atoms with Gasteiger partial charge in [-0.3, -0.25) is 0 Å². The molecule has 0 amide bonds. The van der Waals surface area contributed by atoms with E-state index < -0.39 is 0 Å². The SMILES string of the molecule is CC1CCCC(OC2CCCCCCCCCCC2N)C1. The summed E-state index contributed by atoms with van der Waals surface area (Å²) in [4.78, 5) is 0. The van der Waals surface area contributed by atoms with Gasteiger partial charge in [0, 0.05) is 6.04 Å². The van der Waals surface area contributed by atoms with Crippen molar-refractivity contribution < 1.29 is 4.74 Å². The number of nitrogens with two attached hydrogens (primary N) is 1. The van der Waals surface area contributed by atoms with Crippen molar-refractivity contribution in [3.8, 4) is 0 Å². The molecule has 0 aromatic rings. The zero-order valence-electron chi connectivity index (χ0n) is 14.2. The molecule has 0 bridgehead atoms. The zero-order chi connectivity index (χ0) is 14.9. The van der Waals surface area contributed by atoms with Crippen LogP contribution in [0.2, 0.25) is 0 Å². The van der Waals surface area contributed by atoms with E-state index in [1.165, 1.54) is 83.5 Å². The first-order valence-corrected chi connectivity index (χ1v) is 9.66. The Bertz CT molecular complexity index is 268. The molecular weight excluding hydrogens is 258 g/mol. The van der Waals surface area contributed by atoms with Gasteiger partial charge in [0.2, 0.25) is 0 Å². The Labute approximate surface area is 132 Å². The van der Waals surface area contributed by atoms with Crippen LogP contribution >= 0.6 is 0 Å². The molecule has 2 N–H and O–H groups in total. The molecule has 2 nitrogen and oxygen atoms in total. The fraction of sp³-hybridized carbons (Fsp3) is 1.00. The summed E-state index contributed by atoms with van der Waals surface area (Å²) in [7, 11) is 0. The standard InChI is InChI=1S/C19H37NO/c1-16-11-10-12-17(15-16)21-19-14-9-7-5-3-2-4-6-8-13-18(19)20/h16-19H,2-15,20H2,1H3. The molecule has 4 unspecified atom stereocenters. The molecule has 2 heteroatoms. The van der Waals surface area contributed by atoms with Gasteiger partial charge in [0.15, 0.2) is 0 Å². The van der Waals surface area contributed by atoms with E-state index in [2.05, 4.69) is 6.92 Å². The maximum absolute atomic E-state index is 6.49. The van der Waals surface area contributed by atoms with Crippen LogP contribution in [0.1, 0.15) is 96.8 Å². The third-order valence-corrected chi connectivity index (χ3v) is 5.51. The maximum Gasteiger partial charge on any atom is 0.0729 e. The first-order valence-electron chi connectivity index (χ1n) is 9.66. The highest BCUT2D eigenvalue weighted by Gasteiger charge is 2.26. The highest BCUT2D eigenvalue weighted by Crippen LogP contribution is 2.28. The second kappa shape index (κ2) is 9.84. The van der Waals surface area contributed by atoms with Crippen LogP contribution in [0.15, 0.2) is 0 Å². The number of hydrogen-bond acceptors (Lipinski definition) is 2. The average molecular weight is 296 g/mol. The van der Waals surface area contributed by atoms with Crippen LogP contribution in [0.4, 0.5) is 0 Å². The number of rotatable bonds is 2. The summed E-state index contributed by atoms with van der Waals surface area (Å²) in [6.45, 7) is 2.37. The lowest BCUT2D eigenvalue weighted by molar-refractivity contribution is -0.0548. The monoisotopic (exact) mass is 295 g/mol. The van der Waals surface area contributed by atoms with Gasteiger partial charge >= 0.3 is 0 Å². The van der Waals surface area contributed by atoms with Crippen molar-refractivity contribution in [2.45, 2.75) is 115 Å². The van der Waals surface area contributed by atoms with Crippen LogP contribution in [0, 0.1) is 5.92 Å². The van der Waals surface area contributed by atoms with E-state index in [-0.39, 0.29) is 6.04 Å². The van der Waals surface area contributed by atoms with E-state index in [1.54, 1.807) is 0 Å². The Kier molecular flexibility index (Phi) is 8.10. The minimum Gasteiger partial charge on any atom is -0.373 e. The number of ether oxygens (including phenoxy) is 1. The summed E-state index contributed by atoms with van der Waals surface area (Å²) in [5, 5.41) is 0. The van der Waals surface area contributed by atoms with E-state index in [0.29, 0.717) is 12.2 Å². The van der Waals surface area contributed by atoms with Gasteiger partial charge in [0.25, 0.3) is 0 Å². The van der Waals surface area contributed by atoms with Crippen LogP contribution in [0.25, 0.3) is 0 Å². The van der Waals surface area contributed by atoms with Gasteiger partial charge in [-0.1, -0.05) is 71.1 Å². The van der Waals surface area contributed by atoms with Crippen molar-refractivity contribution in [3.05, 3.63) is 0 Å². The summed E-state index contributed by atoms with van der Waals surface area (Å²) in [6.07, 6.45) is 19.4. The topological polar surface area (TPSA) is 35.2 Å². The molecule has 2 fully saturated rings. The highest BCUT2D eigenvalue weighted by atomic mass is 16.5. The van der Waals surface area contributed by atoms with Crippen molar-refractivity contribution in [1.29, 1.82) is 0 Å². The van der Waals surface area contributed by atoms with Crippen molar-refractivity contribution in [3.63, 3.8) is 0 Å². The van der Waals surface area contributed by atoms with Crippen LogP contribution in [0.5, 0.6) is 0 Å². The molecule has 0 spiro atoms. The molecule has 2 rings (SSSR count). The zero-order valence-corrected chi connectivity index (χ0v) is 14.2. The van der Waals surface area contributed by atoms with Crippen LogP contribution in [-0.4, -0.2) is 18.2 Å². The van der Waals surface area contributed by atoms with Gasteiger partial charge in [-0.2, -0.15) is 0 Å². The molecule has 0 saturated heterocycles. The first-order chi connectivity index (χ1) is 10.3. The Morgan fingerprint density at radius 2 is 1.33 bits per heavy atom. The van der Waals surface area contributed by atoms with Crippen molar-refractivity contribution in [2.75, 3.05) is 0 Å². The largest absolute Gasteiger partial charge is 0.373 e. The van der Waals surface area contributed by atoms with Gasteiger partial charge in [0.05, 0.1) is 12.2 Å². The van der Waals surface area contributed by atoms with Gasteiger partial charge in [-0.25, -0.2) is 0 Å². The predicted octanol–water partition coefficient (Wildman–Crippen LogP) is 5.19. The molecule has 2 aliphatic rings. The molecule has 21 heavy (non-hydrogen) atoms. The Morgan fingerprint density at radius 1 is 0.714 bits per heavy atom. The smallest absolute Gasteiger partial charge is 0.0729 e. The first kappa shape index (κ1) is 17.3. The van der Waals surface area contributed by atoms with E-state index in [0.717, 1.165) is 12.3 Å². The van der Waals surface area contributed by atoms with E-state index in [9.17, 15) is 0 Å². The van der Waals surface area contributed by atoms with Crippen LogP contribution in [-0.2, 0) is 4.74 Å². The molecule has 0 aromatic heterocycles. The lowest BCUT2D eigenvalue weighted by atomic mass is 9.88. The fourth-order valence-corrected chi connectivity index (χ4v) is 4.10. The Hall–Kier alpha value is -0.0800. The molecule has 0 aliphatic heterocycles. The van der Waals surface area contributed by atoms with Gasteiger partial charge < -0.3 is 10.5 Å². The van der Waals surface area contributed by atoms with Crippen LogP contribution < -0.4 is 5.73 Å². The molecule has 2 aliphatic carbocycles. The lowest BCUT2D eigenvalue weighted by Crippen LogP contribution is -2.40. The fourth-order valence-electron chi connectivity index (χ4n) is 4.10.